The Morgan fingerprint density at radius 2 is 0.385 bits per heavy atom. The summed E-state index contributed by atoms with van der Waals surface area (Å²) in [5, 5.41) is 23.4. The maximum Gasteiger partial charge on any atom is 0.0725 e. The SMILES string of the molecule is CC1(C)c2cccc(-c3ccc(-c4c5ccccc5c(-c5ccc6c(c5)C5(c7ccccc7-c7ccccc75)c5ccccc5-6)c5ccccc45)cc3)c2-c2c1c1ccccc1c1ccccc21.CC1(C)c2ccccc2-c2c1cc(-c1c3ccccc3c(-c3ccc(-c4cccc5c4-c4c(c6ccccc6c6ccccc46)C5(C)C)cc3)c3ccccc13)c1ccccc21. The predicted octanol–water partition coefficient (Wildman–Crippen LogP) is 35.0. The van der Waals surface area contributed by atoms with E-state index in [0.29, 0.717) is 0 Å². The van der Waals surface area contributed by atoms with Gasteiger partial charge in [-0.1, -0.05) is 454 Å². The highest BCUT2D eigenvalue weighted by Crippen LogP contribution is 2.66. The summed E-state index contributed by atoms with van der Waals surface area (Å²) in [6, 6.07) is 161. The molecule has 0 N–H and O–H groups in total. The highest BCUT2D eigenvalue weighted by atomic mass is 14.5. The van der Waals surface area contributed by atoms with Crippen LogP contribution in [0.3, 0.4) is 0 Å². The number of hydrogen-bond donors (Lipinski definition) is 0. The number of benzene rings is 23. The van der Waals surface area contributed by atoms with E-state index in [-0.39, 0.29) is 16.2 Å². The molecule has 0 amide bonds. The maximum absolute atomic E-state index is 2.54. The average molecular weight is 1650 g/mol. The van der Waals surface area contributed by atoms with Crippen LogP contribution in [-0.4, -0.2) is 0 Å². The van der Waals surface area contributed by atoms with Crippen molar-refractivity contribution in [2.45, 2.75) is 63.2 Å². The molecule has 130 heavy (non-hydrogen) atoms. The second-order valence-electron chi connectivity index (χ2n) is 38.4. The average Bonchev–Trinajstić information content (AvgIpc) is 1.51. The normalized spacial score (nSPS) is 14.3. The Morgan fingerprint density at radius 3 is 0.777 bits per heavy atom. The molecule has 0 heteroatoms. The van der Waals surface area contributed by atoms with Crippen molar-refractivity contribution in [2.24, 2.45) is 0 Å². The Bertz CT molecular complexity index is 8750. The molecular formula is C130H88. The molecule has 0 heterocycles. The van der Waals surface area contributed by atoms with Crippen molar-refractivity contribution >= 4 is 97.0 Å². The van der Waals surface area contributed by atoms with Crippen molar-refractivity contribution in [1.29, 1.82) is 0 Å². The van der Waals surface area contributed by atoms with E-state index in [1.165, 1.54) is 275 Å². The van der Waals surface area contributed by atoms with E-state index < -0.39 is 5.41 Å². The summed E-state index contributed by atoms with van der Waals surface area (Å²) in [4.78, 5) is 0. The van der Waals surface area contributed by atoms with Gasteiger partial charge in [0.1, 0.15) is 0 Å². The van der Waals surface area contributed by atoms with Gasteiger partial charge in [-0.2, -0.15) is 0 Å². The first-order valence-corrected chi connectivity index (χ1v) is 46.2. The molecular weight excluding hydrogens is 1560 g/mol. The van der Waals surface area contributed by atoms with Crippen LogP contribution in [0, 0.1) is 0 Å². The summed E-state index contributed by atoms with van der Waals surface area (Å²) < 4.78 is 0. The molecule has 608 valence electrons. The van der Waals surface area contributed by atoms with E-state index in [1.807, 2.05) is 0 Å². The molecule has 0 saturated heterocycles. The van der Waals surface area contributed by atoms with Gasteiger partial charge in [0.15, 0.2) is 0 Å². The first-order valence-electron chi connectivity index (χ1n) is 46.2. The van der Waals surface area contributed by atoms with Gasteiger partial charge < -0.3 is 0 Å². The molecule has 0 atom stereocenters. The van der Waals surface area contributed by atoms with Gasteiger partial charge in [0.25, 0.3) is 0 Å². The van der Waals surface area contributed by atoms with Gasteiger partial charge in [-0.3, -0.25) is 0 Å². The lowest BCUT2D eigenvalue weighted by molar-refractivity contribution is 0.661. The van der Waals surface area contributed by atoms with E-state index in [4.69, 9.17) is 0 Å². The first kappa shape index (κ1) is 74.6. The first-order chi connectivity index (χ1) is 63.8. The molecule has 5 aliphatic carbocycles. The molecule has 0 unspecified atom stereocenters. The van der Waals surface area contributed by atoms with Crippen LogP contribution in [0.4, 0.5) is 0 Å². The Morgan fingerprint density at radius 1 is 0.123 bits per heavy atom. The van der Waals surface area contributed by atoms with Gasteiger partial charge in [0, 0.05) is 16.2 Å². The van der Waals surface area contributed by atoms with Crippen LogP contribution >= 0.6 is 0 Å². The van der Waals surface area contributed by atoms with Crippen LogP contribution in [0.25, 0.3) is 219 Å². The molecule has 0 saturated carbocycles. The monoisotopic (exact) mass is 1650 g/mol. The summed E-state index contributed by atoms with van der Waals surface area (Å²) in [5.41, 5.74) is 41.9. The molecule has 0 fully saturated rings. The number of fused-ring (bicyclic) bond motifs is 35. The summed E-state index contributed by atoms with van der Waals surface area (Å²) in [6.45, 7) is 14.4. The van der Waals surface area contributed by atoms with Crippen LogP contribution in [0.2, 0.25) is 0 Å². The molecule has 0 aromatic heterocycles. The van der Waals surface area contributed by atoms with Crippen LogP contribution < -0.4 is 0 Å². The molecule has 23 aromatic carbocycles. The van der Waals surface area contributed by atoms with Gasteiger partial charge in [-0.25, -0.2) is 0 Å². The molecule has 0 nitrogen and oxygen atoms in total. The number of hydrogen-bond acceptors (Lipinski definition) is 0. The summed E-state index contributed by atoms with van der Waals surface area (Å²) in [5.74, 6) is 0. The summed E-state index contributed by atoms with van der Waals surface area (Å²) in [7, 11) is 0. The van der Waals surface area contributed by atoms with Crippen molar-refractivity contribution in [3.05, 3.63) is 480 Å². The fraction of sp³-hybridized carbons (Fsp3) is 0.0769. The van der Waals surface area contributed by atoms with Crippen molar-refractivity contribution in [3.63, 3.8) is 0 Å². The quantitative estimate of drug-likeness (QED) is 0.115. The lowest BCUT2D eigenvalue weighted by atomic mass is 9.70. The Balaban J connectivity index is 0.000000134. The lowest BCUT2D eigenvalue weighted by Crippen LogP contribution is -2.25. The fourth-order valence-corrected chi connectivity index (χ4v) is 25.7. The highest BCUT2D eigenvalue weighted by Gasteiger charge is 2.52. The third-order valence-corrected chi connectivity index (χ3v) is 31.1. The Hall–Kier alpha value is -15.6. The molecule has 5 aliphatic rings. The van der Waals surface area contributed by atoms with E-state index in [2.05, 4.69) is 466 Å². The Labute approximate surface area is 757 Å². The largest absolute Gasteiger partial charge is 0.0725 e. The molecule has 1 spiro atoms. The van der Waals surface area contributed by atoms with Gasteiger partial charge in [0.2, 0.25) is 0 Å². The van der Waals surface area contributed by atoms with Gasteiger partial charge in [0.05, 0.1) is 5.41 Å². The minimum atomic E-state index is -0.403. The van der Waals surface area contributed by atoms with Crippen molar-refractivity contribution in [3.8, 4) is 122 Å². The summed E-state index contributed by atoms with van der Waals surface area (Å²) in [6.07, 6.45) is 0. The van der Waals surface area contributed by atoms with Crippen molar-refractivity contribution in [1.82, 2.24) is 0 Å². The molecule has 28 rings (SSSR count). The van der Waals surface area contributed by atoms with Gasteiger partial charge in [-0.15, -0.1) is 0 Å². The lowest BCUT2D eigenvalue weighted by Gasteiger charge is -2.30. The maximum atomic E-state index is 2.54. The topological polar surface area (TPSA) is 0 Å². The molecule has 0 radical (unpaired) electrons. The zero-order valence-electron chi connectivity index (χ0n) is 73.4. The van der Waals surface area contributed by atoms with Crippen molar-refractivity contribution in [2.75, 3.05) is 0 Å². The van der Waals surface area contributed by atoms with Crippen LogP contribution in [0.1, 0.15) is 97.2 Å². The minimum absolute atomic E-state index is 0.115. The zero-order chi connectivity index (χ0) is 86.4. The predicted molar refractivity (Wildman–Crippen MR) is 552 cm³/mol. The van der Waals surface area contributed by atoms with E-state index in [9.17, 15) is 0 Å². The van der Waals surface area contributed by atoms with Crippen LogP contribution in [0.5, 0.6) is 0 Å². The highest BCUT2D eigenvalue weighted by molar-refractivity contribution is 6.27. The van der Waals surface area contributed by atoms with Crippen LogP contribution in [0.15, 0.2) is 425 Å². The fourth-order valence-electron chi connectivity index (χ4n) is 25.7. The smallest absolute Gasteiger partial charge is 0.0619 e. The molecule has 23 aromatic rings. The minimum Gasteiger partial charge on any atom is -0.0619 e. The van der Waals surface area contributed by atoms with E-state index in [1.54, 1.807) is 0 Å². The standard InChI is InChI=1S/C68H44.C62H44/c1-67(2)60-33-17-29-44(64(60)65-51-23-5-3-18-45(51)46-19-4-10-28-56(46)66(65)67)41-34-36-42(37-35-41)62-52-24-6-8-26-54(52)63(55-27-9-7-25-53(55)62)43-38-39-50-49-22-13-16-32-59(49)68(61(50)40-43)57-30-14-11-20-47(57)48-21-12-15-31-58(48)68;1-61(2)52-30-16-15-28-50(52)57-43-21-8-6-20-42(43)51(36-54(57)61)56-47-25-12-10-23-45(47)55(46-24-11-13-26-48(46)56)38-34-32-37(33-35-38)39-29-17-31-53-58(39)59-44-22-9-5-18-40(44)41-19-7-14-27-49(41)60(59)62(53,3)4/h3-40H,1-2H3;5-36H,1-4H3. The third kappa shape index (κ3) is 10.1. The van der Waals surface area contributed by atoms with E-state index >= 15 is 0 Å². The second-order valence-corrected chi connectivity index (χ2v) is 38.4. The van der Waals surface area contributed by atoms with Gasteiger partial charge >= 0.3 is 0 Å². The van der Waals surface area contributed by atoms with E-state index in [0.717, 1.165) is 0 Å². The third-order valence-electron chi connectivity index (χ3n) is 31.1. The second kappa shape index (κ2) is 27.5. The Kier molecular flexibility index (Phi) is 15.8. The molecule has 0 aliphatic heterocycles. The number of rotatable bonds is 6. The summed E-state index contributed by atoms with van der Waals surface area (Å²) >= 11 is 0. The van der Waals surface area contributed by atoms with Gasteiger partial charge in [-0.05, 0) is 287 Å². The van der Waals surface area contributed by atoms with Crippen molar-refractivity contribution < 1.29 is 0 Å². The zero-order valence-corrected chi connectivity index (χ0v) is 73.4. The molecule has 0 bridgehead atoms. The van der Waals surface area contributed by atoms with Crippen LogP contribution in [-0.2, 0) is 21.7 Å².